The lowest BCUT2D eigenvalue weighted by atomic mass is 9.80. The fourth-order valence-corrected chi connectivity index (χ4v) is 2.76. The van der Waals surface area contributed by atoms with Gasteiger partial charge in [0.05, 0.1) is 0 Å². The van der Waals surface area contributed by atoms with Crippen LogP contribution in [0.15, 0.2) is 0 Å². The minimum Gasteiger partial charge on any atom is -0.396 e. The zero-order valence-electron chi connectivity index (χ0n) is 9.84. The van der Waals surface area contributed by atoms with E-state index in [-0.39, 0.29) is 5.41 Å². The number of nitrogens with one attached hydrogen (secondary N) is 1. The molecule has 2 rings (SSSR count). The molecule has 2 fully saturated rings. The fraction of sp³-hybridized carbons (Fsp3) is 1.00. The number of hydrogen-bond donors (Lipinski definition) is 2. The zero-order chi connectivity index (χ0) is 10.7. The van der Waals surface area contributed by atoms with Gasteiger partial charge in [0, 0.05) is 12.6 Å². The average molecular weight is 212 g/mol. The van der Waals surface area contributed by atoms with Gasteiger partial charge in [0.15, 0.2) is 0 Å². The monoisotopic (exact) mass is 212 g/mol. The largest absolute Gasteiger partial charge is 0.396 e. The lowest BCUT2D eigenvalue weighted by Gasteiger charge is -2.43. The zero-order valence-corrected chi connectivity index (χ0v) is 9.84. The Kier molecular flexibility index (Phi) is 3.65. The van der Waals surface area contributed by atoms with Crippen LogP contribution in [0.1, 0.15) is 32.6 Å². The normalized spacial score (nSPS) is 29.2. The van der Waals surface area contributed by atoms with Crippen LogP contribution in [0.4, 0.5) is 0 Å². The summed E-state index contributed by atoms with van der Waals surface area (Å²) < 4.78 is 0. The molecule has 2 aliphatic rings. The van der Waals surface area contributed by atoms with Gasteiger partial charge in [-0.1, -0.05) is 6.92 Å². The predicted octanol–water partition coefficient (Wildman–Crippen LogP) is 0.833. The van der Waals surface area contributed by atoms with Crippen molar-refractivity contribution in [3.63, 3.8) is 0 Å². The van der Waals surface area contributed by atoms with E-state index in [1.807, 2.05) is 0 Å². The van der Waals surface area contributed by atoms with Gasteiger partial charge >= 0.3 is 0 Å². The predicted molar refractivity (Wildman–Crippen MR) is 61.9 cm³/mol. The van der Waals surface area contributed by atoms with Gasteiger partial charge < -0.3 is 15.3 Å². The summed E-state index contributed by atoms with van der Waals surface area (Å²) in [6.07, 6.45) is 4.92. The molecule has 0 aromatic heterocycles. The van der Waals surface area contributed by atoms with E-state index >= 15 is 0 Å². The lowest BCUT2D eigenvalue weighted by Crippen LogP contribution is -2.49. The number of aliphatic hydroxyl groups is 1. The number of hydrogen-bond acceptors (Lipinski definition) is 3. The van der Waals surface area contributed by atoms with Crippen LogP contribution in [0.5, 0.6) is 0 Å². The Labute approximate surface area is 92.8 Å². The van der Waals surface area contributed by atoms with Crippen LogP contribution in [0.2, 0.25) is 0 Å². The summed E-state index contributed by atoms with van der Waals surface area (Å²) in [5.41, 5.74) is 0.198. The second kappa shape index (κ2) is 4.81. The SMILES string of the molecule is CC1(CO)CCN(C2CCNCC2)CC1. The second-order valence-corrected chi connectivity index (χ2v) is 5.49. The van der Waals surface area contributed by atoms with Crippen molar-refractivity contribution in [2.24, 2.45) is 5.41 Å². The Bertz CT molecular complexity index is 194. The van der Waals surface area contributed by atoms with Crippen LogP contribution < -0.4 is 5.32 Å². The summed E-state index contributed by atoms with van der Waals surface area (Å²) >= 11 is 0. The molecule has 88 valence electrons. The summed E-state index contributed by atoms with van der Waals surface area (Å²) in [5.74, 6) is 0. The Morgan fingerprint density at radius 1 is 1.27 bits per heavy atom. The van der Waals surface area contributed by atoms with Crippen LogP contribution in [0, 0.1) is 5.41 Å². The fourth-order valence-electron chi connectivity index (χ4n) is 2.76. The molecule has 0 unspecified atom stereocenters. The Morgan fingerprint density at radius 2 is 1.87 bits per heavy atom. The molecule has 2 aliphatic heterocycles. The first-order valence-electron chi connectivity index (χ1n) is 6.29. The van der Waals surface area contributed by atoms with Crippen molar-refractivity contribution < 1.29 is 5.11 Å². The van der Waals surface area contributed by atoms with Crippen LogP contribution in [-0.4, -0.2) is 48.8 Å². The molecule has 0 bridgehead atoms. The quantitative estimate of drug-likeness (QED) is 0.712. The third kappa shape index (κ3) is 2.71. The van der Waals surface area contributed by atoms with Crippen molar-refractivity contribution in [1.82, 2.24) is 10.2 Å². The molecule has 0 radical (unpaired) electrons. The molecular formula is C12H24N2O. The summed E-state index contributed by atoms with van der Waals surface area (Å²) in [7, 11) is 0. The molecule has 3 nitrogen and oxygen atoms in total. The Morgan fingerprint density at radius 3 is 2.40 bits per heavy atom. The lowest BCUT2D eigenvalue weighted by molar-refractivity contribution is 0.0330. The van der Waals surface area contributed by atoms with E-state index in [0.29, 0.717) is 6.61 Å². The first kappa shape index (κ1) is 11.4. The molecule has 0 spiro atoms. The van der Waals surface area contributed by atoms with Crippen molar-refractivity contribution in [3.8, 4) is 0 Å². The molecule has 2 N–H and O–H groups in total. The molecule has 2 saturated heterocycles. The summed E-state index contributed by atoms with van der Waals surface area (Å²) in [4.78, 5) is 2.64. The second-order valence-electron chi connectivity index (χ2n) is 5.49. The summed E-state index contributed by atoms with van der Waals surface area (Å²) in [5, 5.41) is 12.7. The molecule has 0 amide bonds. The van der Waals surface area contributed by atoms with E-state index in [2.05, 4.69) is 17.1 Å². The van der Waals surface area contributed by atoms with Gasteiger partial charge in [-0.3, -0.25) is 0 Å². The standard InChI is InChI=1S/C12H24N2O/c1-12(10-15)4-8-14(9-5-12)11-2-6-13-7-3-11/h11,13,15H,2-10H2,1H3. The highest BCUT2D eigenvalue weighted by Crippen LogP contribution is 2.31. The van der Waals surface area contributed by atoms with Crippen molar-refractivity contribution in [2.45, 2.75) is 38.6 Å². The molecule has 3 heteroatoms. The number of aliphatic hydroxyl groups excluding tert-OH is 1. The van der Waals surface area contributed by atoms with E-state index in [1.54, 1.807) is 0 Å². The van der Waals surface area contributed by atoms with Gasteiger partial charge in [-0.05, 0) is 57.3 Å². The number of piperidine rings is 2. The highest BCUT2D eigenvalue weighted by Gasteiger charge is 2.32. The minimum atomic E-state index is 0.198. The maximum Gasteiger partial charge on any atom is 0.0485 e. The number of rotatable bonds is 2. The Hall–Kier alpha value is -0.120. The van der Waals surface area contributed by atoms with E-state index < -0.39 is 0 Å². The van der Waals surface area contributed by atoms with Crippen molar-refractivity contribution >= 4 is 0 Å². The van der Waals surface area contributed by atoms with E-state index in [0.717, 1.165) is 18.9 Å². The van der Waals surface area contributed by atoms with Gasteiger partial charge in [0.25, 0.3) is 0 Å². The highest BCUT2D eigenvalue weighted by molar-refractivity contribution is 4.86. The summed E-state index contributed by atoms with van der Waals surface area (Å²) in [6.45, 7) is 7.29. The molecule has 0 atom stereocenters. The van der Waals surface area contributed by atoms with Gasteiger partial charge in [0.1, 0.15) is 0 Å². The Balaban J connectivity index is 1.82. The van der Waals surface area contributed by atoms with Gasteiger partial charge in [-0.2, -0.15) is 0 Å². The maximum atomic E-state index is 9.32. The smallest absolute Gasteiger partial charge is 0.0485 e. The molecule has 0 saturated carbocycles. The molecule has 0 aliphatic carbocycles. The topological polar surface area (TPSA) is 35.5 Å². The molecule has 2 heterocycles. The molecular weight excluding hydrogens is 188 g/mol. The van der Waals surface area contributed by atoms with Gasteiger partial charge in [0.2, 0.25) is 0 Å². The van der Waals surface area contributed by atoms with E-state index in [4.69, 9.17) is 0 Å². The van der Waals surface area contributed by atoms with E-state index in [1.165, 1.54) is 39.0 Å². The first-order valence-corrected chi connectivity index (χ1v) is 6.29. The average Bonchev–Trinajstić information content (AvgIpc) is 2.31. The molecule has 15 heavy (non-hydrogen) atoms. The van der Waals surface area contributed by atoms with Crippen LogP contribution >= 0.6 is 0 Å². The highest BCUT2D eigenvalue weighted by atomic mass is 16.3. The molecule has 0 aromatic rings. The molecule has 0 aromatic carbocycles. The van der Waals surface area contributed by atoms with Crippen molar-refractivity contribution in [2.75, 3.05) is 32.8 Å². The third-order valence-corrected chi connectivity index (χ3v) is 4.21. The first-order chi connectivity index (χ1) is 7.23. The number of likely N-dealkylation sites (tertiary alicyclic amines) is 1. The van der Waals surface area contributed by atoms with Gasteiger partial charge in [-0.15, -0.1) is 0 Å². The van der Waals surface area contributed by atoms with Crippen molar-refractivity contribution in [3.05, 3.63) is 0 Å². The van der Waals surface area contributed by atoms with E-state index in [9.17, 15) is 5.11 Å². The van der Waals surface area contributed by atoms with Crippen molar-refractivity contribution in [1.29, 1.82) is 0 Å². The van der Waals surface area contributed by atoms with Gasteiger partial charge in [-0.25, -0.2) is 0 Å². The minimum absolute atomic E-state index is 0.198. The van der Waals surface area contributed by atoms with Crippen LogP contribution in [0.25, 0.3) is 0 Å². The number of nitrogens with zero attached hydrogens (tertiary/aromatic N) is 1. The third-order valence-electron chi connectivity index (χ3n) is 4.21. The van der Waals surface area contributed by atoms with Crippen LogP contribution in [-0.2, 0) is 0 Å². The maximum absolute atomic E-state index is 9.32. The summed E-state index contributed by atoms with van der Waals surface area (Å²) in [6, 6.07) is 0.800. The van der Waals surface area contributed by atoms with Crippen LogP contribution in [0.3, 0.4) is 0 Å².